The first-order valence-electron chi connectivity index (χ1n) is 13.4. The summed E-state index contributed by atoms with van der Waals surface area (Å²) in [6.45, 7) is 21.0. The van der Waals surface area contributed by atoms with Crippen LogP contribution in [0.5, 0.6) is 0 Å². The van der Waals surface area contributed by atoms with Crippen LogP contribution in [-0.4, -0.2) is 6.61 Å². The molecule has 0 heterocycles. The second-order valence-electron chi connectivity index (χ2n) is 10.8. The van der Waals surface area contributed by atoms with E-state index in [1.165, 1.54) is 50.5 Å². The van der Waals surface area contributed by atoms with Gasteiger partial charge in [-0.25, -0.2) is 0 Å². The predicted octanol–water partition coefficient (Wildman–Crippen LogP) is 9.41. The van der Waals surface area contributed by atoms with Crippen molar-refractivity contribution < 1.29 is 4.74 Å². The monoisotopic (exact) mass is 430 g/mol. The molecule has 0 aromatic heterocycles. The van der Waals surface area contributed by atoms with E-state index >= 15 is 0 Å². The molecule has 7 atom stereocenters. The van der Waals surface area contributed by atoms with Crippen molar-refractivity contribution in [3.63, 3.8) is 0 Å². The fraction of sp³-hybridized carbons (Fsp3) is 0.800. The molecule has 1 aromatic carbocycles. The van der Waals surface area contributed by atoms with Crippen molar-refractivity contribution >= 4 is 0 Å². The Kier molecular flexibility index (Phi) is 14.5. The van der Waals surface area contributed by atoms with Crippen molar-refractivity contribution in [2.45, 2.75) is 107 Å². The standard InChI is InChI=1S/C30H54O/c1-9-23(3)27(7)25(5)15-14-18-30(20-19-26(6)28(8)24(4)10-2)22-31-21-29-16-12-11-13-17-29/h11-13,16-17,23-28,30H,9-10,14-15,18-22H2,1-8H3. The van der Waals surface area contributed by atoms with E-state index in [0.29, 0.717) is 5.92 Å². The molecule has 0 aliphatic heterocycles. The second kappa shape index (κ2) is 15.9. The van der Waals surface area contributed by atoms with Gasteiger partial charge in [0, 0.05) is 6.61 Å². The maximum Gasteiger partial charge on any atom is 0.0717 e. The molecular formula is C30H54O. The lowest BCUT2D eigenvalue weighted by atomic mass is 9.79. The van der Waals surface area contributed by atoms with E-state index in [2.05, 4.69) is 85.7 Å². The quantitative estimate of drug-likeness (QED) is 0.239. The second-order valence-corrected chi connectivity index (χ2v) is 10.8. The molecule has 31 heavy (non-hydrogen) atoms. The zero-order valence-corrected chi connectivity index (χ0v) is 22.2. The Morgan fingerprint density at radius 1 is 0.645 bits per heavy atom. The van der Waals surface area contributed by atoms with E-state index in [0.717, 1.165) is 48.7 Å². The summed E-state index contributed by atoms with van der Waals surface area (Å²) in [5.74, 6) is 5.62. The molecule has 0 bridgehead atoms. The zero-order chi connectivity index (χ0) is 23.2. The molecule has 1 aromatic rings. The predicted molar refractivity (Wildman–Crippen MR) is 138 cm³/mol. The largest absolute Gasteiger partial charge is 0.376 e. The van der Waals surface area contributed by atoms with Gasteiger partial charge >= 0.3 is 0 Å². The van der Waals surface area contributed by atoms with Crippen LogP contribution in [0.25, 0.3) is 0 Å². The molecule has 1 rings (SSSR count). The fourth-order valence-corrected chi connectivity index (χ4v) is 4.85. The summed E-state index contributed by atoms with van der Waals surface area (Å²) in [5, 5.41) is 0. The van der Waals surface area contributed by atoms with Crippen molar-refractivity contribution in [2.24, 2.45) is 41.4 Å². The summed E-state index contributed by atoms with van der Waals surface area (Å²) in [6, 6.07) is 10.6. The summed E-state index contributed by atoms with van der Waals surface area (Å²) in [5.41, 5.74) is 1.29. The Balaban J connectivity index is 2.54. The molecule has 7 unspecified atom stereocenters. The van der Waals surface area contributed by atoms with Crippen LogP contribution in [-0.2, 0) is 11.3 Å². The molecule has 1 nitrogen and oxygen atoms in total. The maximum atomic E-state index is 6.20. The van der Waals surface area contributed by atoms with Crippen molar-refractivity contribution in [3.05, 3.63) is 35.9 Å². The summed E-state index contributed by atoms with van der Waals surface area (Å²) >= 11 is 0. The van der Waals surface area contributed by atoms with Gasteiger partial charge in [-0.1, -0.05) is 118 Å². The molecule has 0 radical (unpaired) electrons. The minimum absolute atomic E-state index is 0.696. The smallest absolute Gasteiger partial charge is 0.0717 e. The average molecular weight is 431 g/mol. The Hall–Kier alpha value is -0.820. The summed E-state index contributed by atoms with van der Waals surface area (Å²) in [4.78, 5) is 0. The number of benzene rings is 1. The van der Waals surface area contributed by atoms with Gasteiger partial charge < -0.3 is 4.74 Å². The van der Waals surface area contributed by atoms with E-state index < -0.39 is 0 Å². The highest BCUT2D eigenvalue weighted by Gasteiger charge is 2.21. The first kappa shape index (κ1) is 28.2. The molecule has 0 spiro atoms. The van der Waals surface area contributed by atoms with Gasteiger partial charge in [-0.05, 0) is 59.8 Å². The van der Waals surface area contributed by atoms with Crippen molar-refractivity contribution in [1.29, 1.82) is 0 Å². The summed E-state index contributed by atoms with van der Waals surface area (Å²) in [7, 11) is 0. The topological polar surface area (TPSA) is 9.23 Å². The van der Waals surface area contributed by atoms with Gasteiger partial charge in [0.1, 0.15) is 0 Å². The van der Waals surface area contributed by atoms with Crippen molar-refractivity contribution in [2.75, 3.05) is 6.61 Å². The highest BCUT2D eigenvalue weighted by Crippen LogP contribution is 2.31. The van der Waals surface area contributed by atoms with Crippen LogP contribution in [0.3, 0.4) is 0 Å². The molecule has 0 saturated carbocycles. The normalized spacial score (nSPS) is 18.7. The van der Waals surface area contributed by atoms with E-state index in [4.69, 9.17) is 4.74 Å². The SMILES string of the molecule is CCC(C)C(C)C(C)CCCC(CCC(C)C(C)C(C)CC)COCc1ccccc1. The van der Waals surface area contributed by atoms with Gasteiger partial charge in [-0.15, -0.1) is 0 Å². The molecule has 0 N–H and O–H groups in total. The van der Waals surface area contributed by atoms with Gasteiger partial charge in [-0.3, -0.25) is 0 Å². The Labute approximate surface area is 195 Å². The van der Waals surface area contributed by atoms with E-state index in [1.54, 1.807) is 0 Å². The molecular weight excluding hydrogens is 376 g/mol. The maximum absolute atomic E-state index is 6.20. The lowest BCUT2D eigenvalue weighted by molar-refractivity contribution is 0.0752. The third-order valence-corrected chi connectivity index (χ3v) is 8.65. The fourth-order valence-electron chi connectivity index (χ4n) is 4.85. The molecule has 0 amide bonds. The minimum atomic E-state index is 0.696. The number of rotatable bonds is 17. The van der Waals surface area contributed by atoms with Crippen LogP contribution >= 0.6 is 0 Å². The number of ether oxygens (including phenoxy) is 1. The molecule has 0 saturated heterocycles. The first-order valence-corrected chi connectivity index (χ1v) is 13.4. The van der Waals surface area contributed by atoms with Crippen LogP contribution in [0.2, 0.25) is 0 Å². The van der Waals surface area contributed by atoms with Crippen LogP contribution in [0, 0.1) is 41.4 Å². The third-order valence-electron chi connectivity index (χ3n) is 8.65. The molecule has 0 fully saturated rings. The Morgan fingerprint density at radius 3 is 1.74 bits per heavy atom. The molecule has 180 valence electrons. The Bertz CT molecular complexity index is 539. The molecule has 0 aliphatic carbocycles. The molecule has 0 aliphatic rings. The zero-order valence-electron chi connectivity index (χ0n) is 22.2. The van der Waals surface area contributed by atoms with Crippen LogP contribution in [0.1, 0.15) is 106 Å². The average Bonchev–Trinajstić information content (AvgIpc) is 2.80. The highest BCUT2D eigenvalue weighted by molar-refractivity contribution is 5.13. The Morgan fingerprint density at radius 2 is 1.19 bits per heavy atom. The lowest BCUT2D eigenvalue weighted by Gasteiger charge is -2.28. The van der Waals surface area contributed by atoms with Gasteiger partial charge in [0.25, 0.3) is 0 Å². The van der Waals surface area contributed by atoms with Gasteiger partial charge in [-0.2, -0.15) is 0 Å². The van der Waals surface area contributed by atoms with Crippen LogP contribution < -0.4 is 0 Å². The minimum Gasteiger partial charge on any atom is -0.376 e. The van der Waals surface area contributed by atoms with Gasteiger partial charge in [0.2, 0.25) is 0 Å². The third kappa shape index (κ3) is 11.0. The summed E-state index contributed by atoms with van der Waals surface area (Å²) < 4.78 is 6.20. The van der Waals surface area contributed by atoms with Crippen molar-refractivity contribution in [3.8, 4) is 0 Å². The number of hydrogen-bond acceptors (Lipinski definition) is 1. The van der Waals surface area contributed by atoms with Crippen LogP contribution in [0.15, 0.2) is 30.3 Å². The first-order chi connectivity index (χ1) is 14.8. The van der Waals surface area contributed by atoms with E-state index in [-0.39, 0.29) is 0 Å². The van der Waals surface area contributed by atoms with Crippen molar-refractivity contribution in [1.82, 2.24) is 0 Å². The van der Waals surface area contributed by atoms with Crippen LogP contribution in [0.4, 0.5) is 0 Å². The lowest BCUT2D eigenvalue weighted by Crippen LogP contribution is -2.19. The van der Waals surface area contributed by atoms with Gasteiger partial charge in [0.15, 0.2) is 0 Å². The summed E-state index contributed by atoms with van der Waals surface area (Å²) in [6.07, 6.45) is 9.26. The highest BCUT2D eigenvalue weighted by atomic mass is 16.5. The van der Waals surface area contributed by atoms with Gasteiger partial charge in [0.05, 0.1) is 6.61 Å². The molecule has 1 heteroatoms. The van der Waals surface area contributed by atoms with E-state index in [1.807, 2.05) is 0 Å². The van der Waals surface area contributed by atoms with E-state index in [9.17, 15) is 0 Å². The number of hydrogen-bond donors (Lipinski definition) is 0.